The van der Waals surface area contributed by atoms with Crippen LogP contribution in [-0.4, -0.2) is 166 Å². The molecular weight excluding hydrogens is 568 g/mol. The summed E-state index contributed by atoms with van der Waals surface area (Å²) in [7, 11) is 1.49. The SMILES string of the molecule is CN=C1N[C@@H]2[C@@H](O)[C@H](O[C@@H]3O[C@H](CO)[C@@H](O[C@@H]4O[C@H](CO)[C@@H](O)[C@@H](O)[C@H]4NC(C)=O)[C@H](O)[C@H]3NC(C)=O)[C@@H](CO)[C@@H]2O1. The summed E-state index contributed by atoms with van der Waals surface area (Å²) >= 11 is 0. The number of carbonyl (C=O) groups is 2. The Bertz CT molecular complexity index is 991. The second-order valence-corrected chi connectivity index (χ2v) is 10.7. The van der Waals surface area contributed by atoms with E-state index in [2.05, 4.69) is 20.9 Å². The van der Waals surface area contributed by atoms with Gasteiger partial charge in [-0.1, -0.05) is 0 Å². The fourth-order valence-electron chi connectivity index (χ4n) is 5.88. The zero-order valence-electron chi connectivity index (χ0n) is 23.2. The Labute approximate surface area is 240 Å². The van der Waals surface area contributed by atoms with E-state index >= 15 is 0 Å². The van der Waals surface area contributed by atoms with Crippen molar-refractivity contribution in [2.45, 2.75) is 99.5 Å². The van der Waals surface area contributed by atoms with Crippen LogP contribution < -0.4 is 16.0 Å². The van der Waals surface area contributed by atoms with Gasteiger partial charge in [-0.15, -0.1) is 0 Å². The minimum Gasteiger partial charge on any atom is -0.459 e. The molecule has 0 unspecified atom stereocenters. The monoisotopic (exact) mass is 608 g/mol. The Balaban J connectivity index is 1.57. The van der Waals surface area contributed by atoms with Gasteiger partial charge < -0.3 is 75.4 Å². The van der Waals surface area contributed by atoms with Gasteiger partial charge in [0.25, 0.3) is 6.02 Å². The number of nitrogens with one attached hydrogen (secondary N) is 3. The summed E-state index contributed by atoms with van der Waals surface area (Å²) in [4.78, 5) is 27.8. The molecule has 4 fully saturated rings. The lowest BCUT2D eigenvalue weighted by Crippen LogP contribution is -2.69. The van der Waals surface area contributed by atoms with Crippen molar-refractivity contribution in [1.82, 2.24) is 16.0 Å². The van der Waals surface area contributed by atoms with Gasteiger partial charge in [0.1, 0.15) is 60.9 Å². The fourth-order valence-corrected chi connectivity index (χ4v) is 5.88. The Morgan fingerprint density at radius 2 is 1.36 bits per heavy atom. The van der Waals surface area contributed by atoms with Crippen molar-refractivity contribution in [1.29, 1.82) is 0 Å². The van der Waals surface area contributed by atoms with Crippen LogP contribution in [0.2, 0.25) is 0 Å². The molecule has 4 rings (SSSR count). The molecule has 0 aromatic rings. The fraction of sp³-hybridized carbons (Fsp3) is 0.875. The number of hydrogen-bond donors (Lipinski definition) is 10. The maximum Gasteiger partial charge on any atom is 0.285 e. The lowest BCUT2D eigenvalue weighted by Gasteiger charge is -2.48. The molecule has 15 atom stereocenters. The lowest BCUT2D eigenvalue weighted by atomic mass is 9.94. The van der Waals surface area contributed by atoms with Gasteiger partial charge in [0.05, 0.1) is 37.9 Å². The molecule has 42 heavy (non-hydrogen) atoms. The predicted molar refractivity (Wildman–Crippen MR) is 136 cm³/mol. The third-order valence-electron chi connectivity index (χ3n) is 7.91. The first-order valence-corrected chi connectivity index (χ1v) is 13.6. The Morgan fingerprint density at radius 1 is 0.810 bits per heavy atom. The van der Waals surface area contributed by atoms with Crippen molar-refractivity contribution in [2.24, 2.45) is 10.9 Å². The number of aliphatic imine (C=N–C) groups is 1. The van der Waals surface area contributed by atoms with Crippen molar-refractivity contribution in [3.63, 3.8) is 0 Å². The molecule has 0 bridgehead atoms. The molecule has 240 valence electrons. The van der Waals surface area contributed by atoms with Gasteiger partial charge in [0, 0.05) is 20.9 Å². The van der Waals surface area contributed by atoms with Crippen LogP contribution in [0.3, 0.4) is 0 Å². The molecule has 3 saturated heterocycles. The molecule has 1 saturated carbocycles. The van der Waals surface area contributed by atoms with E-state index in [1.54, 1.807) is 0 Å². The Kier molecular flexibility index (Phi) is 10.6. The largest absolute Gasteiger partial charge is 0.459 e. The van der Waals surface area contributed by atoms with Crippen molar-refractivity contribution < 1.29 is 69.0 Å². The summed E-state index contributed by atoms with van der Waals surface area (Å²) < 4.78 is 29.1. The zero-order valence-corrected chi connectivity index (χ0v) is 23.2. The van der Waals surface area contributed by atoms with Crippen molar-refractivity contribution in [3.8, 4) is 0 Å². The molecule has 2 amide bonds. The quantitative estimate of drug-likeness (QED) is 0.117. The highest BCUT2D eigenvalue weighted by molar-refractivity contribution is 5.76. The molecular formula is C24H40N4O14. The van der Waals surface area contributed by atoms with Crippen LogP contribution in [0.15, 0.2) is 4.99 Å². The number of aliphatic hydroxyl groups excluding tert-OH is 7. The van der Waals surface area contributed by atoms with E-state index in [0.717, 1.165) is 6.92 Å². The first kappa shape index (κ1) is 32.7. The summed E-state index contributed by atoms with van der Waals surface area (Å²) in [5, 5.41) is 81.0. The third kappa shape index (κ3) is 6.34. The van der Waals surface area contributed by atoms with E-state index in [4.69, 9.17) is 23.7 Å². The van der Waals surface area contributed by atoms with E-state index in [0.29, 0.717) is 0 Å². The van der Waals surface area contributed by atoms with Gasteiger partial charge in [-0.25, -0.2) is 4.99 Å². The first-order chi connectivity index (χ1) is 19.9. The van der Waals surface area contributed by atoms with E-state index in [1.807, 2.05) is 0 Å². The van der Waals surface area contributed by atoms with Crippen LogP contribution in [0.4, 0.5) is 0 Å². The number of rotatable bonds is 9. The summed E-state index contributed by atoms with van der Waals surface area (Å²) in [5.41, 5.74) is 0. The zero-order chi connectivity index (χ0) is 30.9. The normalized spacial score (nSPS) is 46.0. The van der Waals surface area contributed by atoms with Gasteiger partial charge in [0.15, 0.2) is 12.6 Å². The predicted octanol–water partition coefficient (Wildman–Crippen LogP) is -6.39. The number of carbonyl (C=O) groups excluding carboxylic acids is 2. The van der Waals surface area contributed by atoms with Crippen molar-refractivity contribution >= 4 is 17.8 Å². The highest BCUT2D eigenvalue weighted by Gasteiger charge is 2.59. The molecule has 3 heterocycles. The summed E-state index contributed by atoms with van der Waals surface area (Å²) in [6, 6.07) is -3.21. The molecule has 4 aliphatic rings. The number of amidine groups is 1. The second-order valence-electron chi connectivity index (χ2n) is 10.7. The molecule has 0 aromatic carbocycles. The number of aliphatic hydroxyl groups is 7. The van der Waals surface area contributed by atoms with E-state index in [9.17, 15) is 45.3 Å². The van der Waals surface area contributed by atoms with Gasteiger partial charge in [-0.3, -0.25) is 9.59 Å². The lowest BCUT2D eigenvalue weighted by molar-refractivity contribution is -0.339. The molecule has 0 aromatic heterocycles. The molecule has 10 N–H and O–H groups in total. The maximum atomic E-state index is 12.1. The van der Waals surface area contributed by atoms with Gasteiger partial charge >= 0.3 is 0 Å². The number of fused-ring (bicyclic) bond motifs is 1. The highest BCUT2D eigenvalue weighted by atomic mass is 16.7. The molecule has 1 aliphatic carbocycles. The topological polar surface area (TPSA) is 270 Å². The summed E-state index contributed by atoms with van der Waals surface area (Å²) in [6.07, 6.45) is -15.1. The minimum atomic E-state index is -1.67. The van der Waals surface area contributed by atoms with Gasteiger partial charge in [0.2, 0.25) is 11.8 Å². The van der Waals surface area contributed by atoms with Crippen LogP contribution in [0, 0.1) is 5.92 Å². The maximum absolute atomic E-state index is 12.1. The number of amides is 2. The third-order valence-corrected chi connectivity index (χ3v) is 7.91. The summed E-state index contributed by atoms with van der Waals surface area (Å²) in [6.45, 7) is 0.404. The van der Waals surface area contributed by atoms with E-state index in [-0.39, 0.29) is 6.02 Å². The molecule has 18 heteroatoms. The Morgan fingerprint density at radius 3 is 1.88 bits per heavy atom. The van der Waals surface area contributed by atoms with Crippen LogP contribution in [-0.2, 0) is 33.3 Å². The van der Waals surface area contributed by atoms with Crippen molar-refractivity contribution in [2.75, 3.05) is 26.9 Å². The van der Waals surface area contributed by atoms with Gasteiger partial charge in [-0.05, 0) is 0 Å². The van der Waals surface area contributed by atoms with Crippen LogP contribution in [0.1, 0.15) is 13.8 Å². The van der Waals surface area contributed by atoms with E-state index < -0.39 is 123 Å². The number of nitrogens with zero attached hydrogens (tertiary/aromatic N) is 1. The standard InChI is InChI=1S/C24H40N4O14/c1-7(32)26-13-16(35)15(34)10(5-30)38-22(13)41-21-11(6-31)39-23(14(18(21)37)27-8(2)33)40-20-9(4-29)19-12(17(20)36)28-24(25-3)42-19/h9-23,29-31,34-37H,4-6H2,1-3H3,(H,25,28)(H,26,32)(H,27,33)/t9-,10+,11+,12+,13+,14+,15+,16-,17+,18+,19-,20+,21+,22-,23-/m0/s1. The Hall–Kier alpha value is -2.23. The molecule has 3 aliphatic heterocycles. The van der Waals surface area contributed by atoms with E-state index in [1.165, 1.54) is 14.0 Å². The number of hydrogen-bond acceptors (Lipinski definition) is 15. The molecule has 0 spiro atoms. The number of ether oxygens (including phenoxy) is 5. The summed E-state index contributed by atoms with van der Waals surface area (Å²) in [5.74, 6) is -1.98. The molecule has 18 nitrogen and oxygen atoms in total. The van der Waals surface area contributed by atoms with Gasteiger partial charge in [-0.2, -0.15) is 0 Å². The smallest absolute Gasteiger partial charge is 0.285 e. The average molecular weight is 609 g/mol. The highest BCUT2D eigenvalue weighted by Crippen LogP contribution is 2.38. The van der Waals surface area contributed by atoms with Crippen LogP contribution >= 0.6 is 0 Å². The molecule has 0 radical (unpaired) electrons. The minimum absolute atomic E-state index is 0.185. The van der Waals surface area contributed by atoms with Crippen molar-refractivity contribution in [3.05, 3.63) is 0 Å². The average Bonchev–Trinajstić information content (AvgIpc) is 3.48. The first-order valence-electron chi connectivity index (χ1n) is 13.6. The van der Waals surface area contributed by atoms with Crippen LogP contribution in [0.5, 0.6) is 0 Å². The second kappa shape index (κ2) is 13.6. The van der Waals surface area contributed by atoms with Crippen LogP contribution in [0.25, 0.3) is 0 Å².